The molecule has 0 spiro atoms. The third-order valence-electron chi connectivity index (χ3n) is 2.79. The van der Waals surface area contributed by atoms with Crippen molar-refractivity contribution in [2.24, 2.45) is 0 Å². The van der Waals surface area contributed by atoms with E-state index in [-0.39, 0.29) is 12.5 Å². The fourth-order valence-corrected chi connectivity index (χ4v) is 1.43. The minimum atomic E-state index is -0.959. The van der Waals surface area contributed by atoms with E-state index in [1.165, 1.54) is 11.8 Å². The van der Waals surface area contributed by atoms with Crippen LogP contribution in [0.3, 0.4) is 0 Å². The fourth-order valence-electron chi connectivity index (χ4n) is 1.43. The average molecular weight is 266 g/mol. The molecule has 19 heavy (non-hydrogen) atoms. The van der Waals surface area contributed by atoms with E-state index in [4.69, 9.17) is 9.84 Å². The molecule has 0 saturated heterocycles. The number of nitrogens with zero attached hydrogens (tertiary/aromatic N) is 1. The minimum Gasteiger partial charge on any atom is -0.497 e. The predicted octanol–water partition coefficient (Wildman–Crippen LogP) is 1.04. The van der Waals surface area contributed by atoms with Gasteiger partial charge in [-0.2, -0.15) is 0 Å². The maximum absolute atomic E-state index is 11.7. The molecule has 1 aromatic carbocycles. The molecule has 6 nitrogen and oxygen atoms in total. The van der Waals surface area contributed by atoms with Crippen LogP contribution in [0.1, 0.15) is 6.92 Å². The number of hydrogen-bond acceptors (Lipinski definition) is 4. The van der Waals surface area contributed by atoms with Crippen LogP contribution in [-0.2, 0) is 9.59 Å². The molecule has 0 fully saturated rings. The highest BCUT2D eigenvalue weighted by Crippen LogP contribution is 2.14. The molecule has 0 aliphatic carbocycles. The van der Waals surface area contributed by atoms with E-state index in [1.54, 1.807) is 38.4 Å². The maximum Gasteiger partial charge on any atom is 0.320 e. The molecule has 0 saturated carbocycles. The molecule has 0 aliphatic heterocycles. The number of methoxy groups -OCH3 is 1. The first-order valence-corrected chi connectivity index (χ1v) is 5.81. The van der Waals surface area contributed by atoms with Gasteiger partial charge in [-0.3, -0.25) is 14.5 Å². The van der Waals surface area contributed by atoms with Gasteiger partial charge in [0.05, 0.1) is 13.7 Å². The van der Waals surface area contributed by atoms with E-state index >= 15 is 0 Å². The molecule has 0 bridgehead atoms. The van der Waals surface area contributed by atoms with Gasteiger partial charge < -0.3 is 15.2 Å². The van der Waals surface area contributed by atoms with Crippen LogP contribution < -0.4 is 10.1 Å². The lowest BCUT2D eigenvalue weighted by atomic mass is 10.3. The number of hydrogen-bond donors (Lipinski definition) is 2. The molecule has 2 N–H and O–H groups in total. The molecule has 1 atom stereocenters. The number of benzene rings is 1. The summed E-state index contributed by atoms with van der Waals surface area (Å²) in [5, 5.41) is 11.5. The second-order valence-corrected chi connectivity index (χ2v) is 4.21. The third-order valence-corrected chi connectivity index (χ3v) is 2.79. The van der Waals surface area contributed by atoms with Crippen LogP contribution in [0.2, 0.25) is 0 Å². The average Bonchev–Trinajstić information content (AvgIpc) is 2.38. The van der Waals surface area contributed by atoms with Crippen LogP contribution in [0.5, 0.6) is 5.75 Å². The Balaban J connectivity index is 2.52. The van der Waals surface area contributed by atoms with Crippen LogP contribution in [0.25, 0.3) is 0 Å². The Kier molecular flexibility index (Phi) is 5.32. The van der Waals surface area contributed by atoms with E-state index in [2.05, 4.69) is 5.32 Å². The van der Waals surface area contributed by atoms with Gasteiger partial charge in [0, 0.05) is 5.69 Å². The van der Waals surface area contributed by atoms with Gasteiger partial charge in [-0.1, -0.05) is 0 Å². The van der Waals surface area contributed by atoms with Gasteiger partial charge >= 0.3 is 5.97 Å². The zero-order valence-corrected chi connectivity index (χ0v) is 11.2. The number of anilines is 1. The molecule has 0 radical (unpaired) electrons. The number of rotatable bonds is 6. The monoisotopic (exact) mass is 266 g/mol. The molecule has 1 unspecified atom stereocenters. The second kappa shape index (κ2) is 6.75. The first kappa shape index (κ1) is 15.0. The van der Waals surface area contributed by atoms with Crippen molar-refractivity contribution in [3.63, 3.8) is 0 Å². The van der Waals surface area contributed by atoms with Gasteiger partial charge in [-0.25, -0.2) is 0 Å². The first-order chi connectivity index (χ1) is 8.93. The lowest BCUT2D eigenvalue weighted by molar-refractivity contribution is -0.142. The first-order valence-electron chi connectivity index (χ1n) is 5.81. The molecule has 1 rings (SSSR count). The Morgan fingerprint density at radius 1 is 1.37 bits per heavy atom. The van der Waals surface area contributed by atoms with Gasteiger partial charge in [0.1, 0.15) is 11.8 Å². The Morgan fingerprint density at radius 3 is 2.42 bits per heavy atom. The van der Waals surface area contributed by atoms with E-state index in [0.29, 0.717) is 11.4 Å². The lowest BCUT2D eigenvalue weighted by Gasteiger charge is -2.20. The molecule has 0 heterocycles. The second-order valence-electron chi connectivity index (χ2n) is 4.21. The van der Waals surface area contributed by atoms with Crippen molar-refractivity contribution in [3.8, 4) is 5.75 Å². The summed E-state index contributed by atoms with van der Waals surface area (Å²) in [4.78, 5) is 24.0. The van der Waals surface area contributed by atoms with E-state index in [0.717, 1.165) is 0 Å². The highest BCUT2D eigenvalue weighted by Gasteiger charge is 2.18. The predicted molar refractivity (Wildman–Crippen MR) is 71.4 cm³/mol. The van der Waals surface area contributed by atoms with Gasteiger partial charge in [0.2, 0.25) is 5.91 Å². The Bertz CT molecular complexity index is 444. The summed E-state index contributed by atoms with van der Waals surface area (Å²) >= 11 is 0. The van der Waals surface area contributed by atoms with E-state index in [1.807, 2.05) is 0 Å². The molecule has 1 amide bonds. The van der Waals surface area contributed by atoms with Crippen LogP contribution >= 0.6 is 0 Å². The van der Waals surface area contributed by atoms with Gasteiger partial charge in [0.15, 0.2) is 0 Å². The zero-order chi connectivity index (χ0) is 14.4. The van der Waals surface area contributed by atoms with Gasteiger partial charge in [-0.05, 0) is 38.2 Å². The molecule has 104 valence electrons. The Hall–Kier alpha value is -2.08. The number of carboxylic acids is 1. The zero-order valence-electron chi connectivity index (χ0n) is 11.2. The van der Waals surface area contributed by atoms with Gasteiger partial charge in [-0.15, -0.1) is 0 Å². The summed E-state index contributed by atoms with van der Waals surface area (Å²) in [5.74, 6) is -0.518. The van der Waals surface area contributed by atoms with Crippen molar-refractivity contribution in [3.05, 3.63) is 24.3 Å². The number of ether oxygens (including phenoxy) is 1. The summed E-state index contributed by atoms with van der Waals surface area (Å²) in [6.45, 7) is 1.54. The Labute approximate surface area is 112 Å². The van der Waals surface area contributed by atoms with Crippen molar-refractivity contribution >= 4 is 17.6 Å². The lowest BCUT2D eigenvalue weighted by Crippen LogP contribution is -2.40. The van der Waals surface area contributed by atoms with Crippen LogP contribution in [0.15, 0.2) is 24.3 Å². The molecule has 0 aliphatic rings. The number of carbonyl (C=O) groups excluding carboxylic acids is 1. The van der Waals surface area contributed by atoms with Crippen LogP contribution in [0, 0.1) is 0 Å². The van der Waals surface area contributed by atoms with Gasteiger partial charge in [0.25, 0.3) is 0 Å². The minimum absolute atomic E-state index is 0.0134. The van der Waals surface area contributed by atoms with Crippen molar-refractivity contribution < 1.29 is 19.4 Å². The fraction of sp³-hybridized carbons (Fsp3) is 0.385. The van der Waals surface area contributed by atoms with Crippen molar-refractivity contribution in [1.82, 2.24) is 4.90 Å². The van der Waals surface area contributed by atoms with E-state index in [9.17, 15) is 9.59 Å². The number of carbonyl (C=O) groups is 2. The molecular weight excluding hydrogens is 248 g/mol. The SMILES string of the molecule is COc1ccc(NC(=O)CN(C)C(C)C(=O)O)cc1. The quantitative estimate of drug-likeness (QED) is 0.804. The number of aliphatic carboxylic acids is 1. The summed E-state index contributed by atoms with van der Waals surface area (Å²) in [6.07, 6.45) is 0. The van der Waals surface area contributed by atoms with E-state index < -0.39 is 12.0 Å². The summed E-state index contributed by atoms with van der Waals surface area (Å²) in [7, 11) is 3.15. The Morgan fingerprint density at radius 2 is 1.95 bits per heavy atom. The molecule has 6 heteroatoms. The standard InChI is InChI=1S/C13H18N2O4/c1-9(13(17)18)15(2)8-12(16)14-10-4-6-11(19-3)7-5-10/h4-7,9H,8H2,1-3H3,(H,14,16)(H,17,18). The summed E-state index contributed by atoms with van der Waals surface area (Å²) in [5.41, 5.74) is 0.641. The molecular formula is C13H18N2O4. The van der Waals surface area contributed by atoms with Crippen molar-refractivity contribution in [1.29, 1.82) is 0 Å². The highest BCUT2D eigenvalue weighted by molar-refractivity contribution is 5.92. The largest absolute Gasteiger partial charge is 0.497 e. The number of amides is 1. The van der Waals surface area contributed by atoms with Crippen LogP contribution in [-0.4, -0.2) is 48.6 Å². The normalized spacial score (nSPS) is 12.0. The smallest absolute Gasteiger partial charge is 0.320 e. The van der Waals surface area contributed by atoms with Crippen molar-refractivity contribution in [2.45, 2.75) is 13.0 Å². The molecule has 0 aromatic heterocycles. The number of nitrogens with one attached hydrogen (secondary N) is 1. The highest BCUT2D eigenvalue weighted by atomic mass is 16.5. The maximum atomic E-state index is 11.7. The van der Waals surface area contributed by atoms with Crippen LogP contribution in [0.4, 0.5) is 5.69 Å². The summed E-state index contributed by atoms with van der Waals surface area (Å²) < 4.78 is 5.01. The number of carboxylic acid groups (broad SMARTS) is 1. The van der Waals surface area contributed by atoms with Crippen molar-refractivity contribution in [2.75, 3.05) is 26.0 Å². The third kappa shape index (κ3) is 4.59. The summed E-state index contributed by atoms with van der Waals surface area (Å²) in [6, 6.07) is 6.20. The number of likely N-dealkylation sites (N-methyl/N-ethyl adjacent to an activating group) is 1. The molecule has 1 aromatic rings. The topological polar surface area (TPSA) is 78.9 Å².